The normalized spacial score (nSPS) is 17.0. The number of benzene rings is 2. The Kier molecular flexibility index (Phi) is 9.91. The lowest BCUT2D eigenvalue weighted by molar-refractivity contribution is -0.131. The maximum absolute atomic E-state index is 13.3. The quantitative estimate of drug-likeness (QED) is 0.368. The first-order valence-corrected chi connectivity index (χ1v) is 15.4. The van der Waals surface area contributed by atoms with Crippen LogP contribution in [-0.4, -0.2) is 80.9 Å². The lowest BCUT2D eigenvalue weighted by atomic mass is 9.92. The number of carbonyl (C=O) groups excluding carboxylic acids is 1. The molecule has 0 aromatic heterocycles. The monoisotopic (exact) mass is 573 g/mol. The summed E-state index contributed by atoms with van der Waals surface area (Å²) in [5.74, 6) is 1.13. The number of rotatable bonds is 12. The SMILES string of the molecule is CCC(NCCCCN1CCCN(C(=O)O)CC1=O)C(C)Cc1cccc(S(=O)(=O)c2ccc3c(c2)OCO3)c1. The van der Waals surface area contributed by atoms with Crippen molar-refractivity contribution in [2.75, 3.05) is 39.5 Å². The van der Waals surface area contributed by atoms with Gasteiger partial charge in [-0.2, -0.15) is 0 Å². The van der Waals surface area contributed by atoms with Crippen molar-refractivity contribution >= 4 is 21.8 Å². The fourth-order valence-corrected chi connectivity index (χ4v) is 6.66. The van der Waals surface area contributed by atoms with Crippen LogP contribution < -0.4 is 14.8 Å². The van der Waals surface area contributed by atoms with Crippen LogP contribution >= 0.6 is 0 Å². The van der Waals surface area contributed by atoms with Gasteiger partial charge in [-0.25, -0.2) is 13.2 Å². The van der Waals surface area contributed by atoms with E-state index in [0.29, 0.717) is 37.6 Å². The van der Waals surface area contributed by atoms with E-state index in [1.54, 1.807) is 35.2 Å². The van der Waals surface area contributed by atoms with Crippen molar-refractivity contribution in [1.82, 2.24) is 15.1 Å². The number of nitrogens with one attached hydrogen (secondary N) is 1. The van der Waals surface area contributed by atoms with Gasteiger partial charge in [-0.15, -0.1) is 0 Å². The molecule has 1 fully saturated rings. The molecule has 10 nitrogen and oxygen atoms in total. The predicted octanol–water partition coefficient (Wildman–Crippen LogP) is 3.79. The first-order valence-electron chi connectivity index (χ1n) is 13.9. The minimum atomic E-state index is -3.70. The molecule has 2 aliphatic rings. The molecule has 0 aliphatic carbocycles. The van der Waals surface area contributed by atoms with E-state index in [4.69, 9.17) is 14.6 Å². The van der Waals surface area contributed by atoms with Gasteiger partial charge in [0.1, 0.15) is 6.54 Å². The summed E-state index contributed by atoms with van der Waals surface area (Å²) in [6.45, 7) is 6.75. The molecule has 2 aromatic rings. The summed E-state index contributed by atoms with van der Waals surface area (Å²) in [4.78, 5) is 26.9. The number of hydrogen-bond donors (Lipinski definition) is 2. The van der Waals surface area contributed by atoms with Crippen molar-refractivity contribution in [3.63, 3.8) is 0 Å². The van der Waals surface area contributed by atoms with Crippen molar-refractivity contribution in [2.45, 2.75) is 61.8 Å². The Balaban J connectivity index is 1.26. The van der Waals surface area contributed by atoms with Crippen LogP contribution in [-0.2, 0) is 21.1 Å². The molecule has 40 heavy (non-hydrogen) atoms. The molecule has 0 spiro atoms. The van der Waals surface area contributed by atoms with E-state index < -0.39 is 15.9 Å². The van der Waals surface area contributed by atoms with Gasteiger partial charge in [0.05, 0.1) is 9.79 Å². The highest BCUT2D eigenvalue weighted by Crippen LogP contribution is 2.35. The molecule has 0 bridgehead atoms. The molecule has 11 heteroatoms. The van der Waals surface area contributed by atoms with Crippen LogP contribution in [0.3, 0.4) is 0 Å². The van der Waals surface area contributed by atoms with Gasteiger partial charge in [0.25, 0.3) is 0 Å². The van der Waals surface area contributed by atoms with Crippen molar-refractivity contribution in [1.29, 1.82) is 0 Å². The Labute approximate surface area is 236 Å². The largest absolute Gasteiger partial charge is 0.465 e. The van der Waals surface area contributed by atoms with Crippen LogP contribution in [0, 0.1) is 5.92 Å². The second kappa shape index (κ2) is 13.4. The second-order valence-electron chi connectivity index (χ2n) is 10.5. The maximum atomic E-state index is 13.3. The molecule has 218 valence electrons. The summed E-state index contributed by atoms with van der Waals surface area (Å²) in [6, 6.07) is 12.1. The van der Waals surface area contributed by atoms with Gasteiger partial charge in [-0.05, 0) is 74.4 Å². The third-order valence-corrected chi connectivity index (χ3v) is 9.36. The van der Waals surface area contributed by atoms with E-state index >= 15 is 0 Å². The molecule has 2 amide bonds. The number of amides is 2. The van der Waals surface area contributed by atoms with E-state index in [2.05, 4.69) is 19.2 Å². The molecule has 0 saturated carbocycles. The smallest absolute Gasteiger partial charge is 0.407 e. The zero-order valence-corrected chi connectivity index (χ0v) is 24.0. The first-order chi connectivity index (χ1) is 19.2. The molecule has 2 aliphatic heterocycles. The molecule has 0 radical (unpaired) electrons. The van der Waals surface area contributed by atoms with Crippen molar-refractivity contribution in [3.05, 3.63) is 48.0 Å². The summed E-state index contributed by atoms with van der Waals surface area (Å²) in [5.41, 5.74) is 0.963. The number of unbranched alkanes of at least 4 members (excludes halogenated alkanes) is 1. The molecule has 2 unspecified atom stereocenters. The van der Waals surface area contributed by atoms with Crippen LogP contribution in [0.5, 0.6) is 11.5 Å². The van der Waals surface area contributed by atoms with Gasteiger partial charge in [0.15, 0.2) is 11.5 Å². The molecule has 2 aromatic carbocycles. The molecule has 4 rings (SSSR count). The summed E-state index contributed by atoms with van der Waals surface area (Å²) < 4.78 is 37.3. The zero-order chi connectivity index (χ0) is 28.7. The molecule has 2 N–H and O–H groups in total. The highest BCUT2D eigenvalue weighted by molar-refractivity contribution is 7.91. The van der Waals surface area contributed by atoms with Crippen molar-refractivity contribution in [2.24, 2.45) is 5.92 Å². The molecule has 2 atom stereocenters. The van der Waals surface area contributed by atoms with Gasteiger partial charge in [-0.3, -0.25) is 9.69 Å². The van der Waals surface area contributed by atoms with E-state index in [0.717, 1.165) is 37.8 Å². The second-order valence-corrected chi connectivity index (χ2v) is 12.4. The number of nitrogens with zero attached hydrogens (tertiary/aromatic N) is 2. The van der Waals surface area contributed by atoms with E-state index in [1.165, 1.54) is 11.0 Å². The highest BCUT2D eigenvalue weighted by atomic mass is 32.2. The summed E-state index contributed by atoms with van der Waals surface area (Å²) >= 11 is 0. The average Bonchev–Trinajstić information content (AvgIpc) is 3.33. The number of carbonyl (C=O) groups is 2. The number of fused-ring (bicyclic) bond motifs is 1. The third-order valence-electron chi connectivity index (χ3n) is 7.61. The van der Waals surface area contributed by atoms with Gasteiger partial charge >= 0.3 is 6.09 Å². The fraction of sp³-hybridized carbons (Fsp3) is 0.517. The summed E-state index contributed by atoms with van der Waals surface area (Å²) in [5, 5.41) is 12.8. The van der Waals surface area contributed by atoms with Crippen molar-refractivity contribution in [3.8, 4) is 11.5 Å². The van der Waals surface area contributed by atoms with Gasteiger partial charge in [0.2, 0.25) is 22.5 Å². The minimum absolute atomic E-state index is 0.0673. The summed E-state index contributed by atoms with van der Waals surface area (Å²) in [6.07, 6.45) is 3.03. The van der Waals surface area contributed by atoms with Crippen LogP contribution in [0.2, 0.25) is 0 Å². The van der Waals surface area contributed by atoms with Crippen LogP contribution in [0.25, 0.3) is 0 Å². The first kappa shape index (κ1) is 29.7. The molecular weight excluding hydrogens is 534 g/mol. The van der Waals surface area contributed by atoms with E-state index in [1.807, 2.05) is 6.07 Å². The van der Waals surface area contributed by atoms with Crippen LogP contribution in [0.4, 0.5) is 4.79 Å². The standard InChI is InChI=1S/C29H39N3O7S/c1-3-25(30-12-4-5-13-31-14-7-15-32(29(34)35)19-28(31)33)21(2)16-22-8-6-9-23(17-22)40(36,37)24-10-11-26-27(18-24)39-20-38-26/h6,8-11,17-18,21,25,30H,3-5,7,12-16,19-20H2,1-2H3,(H,34,35). The van der Waals surface area contributed by atoms with E-state index in [-0.39, 0.29) is 41.0 Å². The average molecular weight is 574 g/mol. The lowest BCUT2D eigenvalue weighted by Crippen LogP contribution is -2.39. The Morgan fingerprint density at radius 1 is 1.07 bits per heavy atom. The van der Waals surface area contributed by atoms with Gasteiger partial charge in [-0.1, -0.05) is 26.0 Å². The molecule has 2 heterocycles. The maximum Gasteiger partial charge on any atom is 0.407 e. The fourth-order valence-electron chi connectivity index (χ4n) is 5.32. The number of sulfone groups is 1. The summed E-state index contributed by atoms with van der Waals surface area (Å²) in [7, 11) is -3.70. The van der Waals surface area contributed by atoms with Gasteiger partial charge in [0, 0.05) is 31.7 Å². The third kappa shape index (κ3) is 7.25. The highest BCUT2D eigenvalue weighted by Gasteiger charge is 2.25. The number of carboxylic acid groups (broad SMARTS) is 1. The molecule has 1 saturated heterocycles. The van der Waals surface area contributed by atoms with E-state index in [9.17, 15) is 18.0 Å². The van der Waals surface area contributed by atoms with Crippen LogP contribution in [0.15, 0.2) is 52.3 Å². The van der Waals surface area contributed by atoms with Gasteiger partial charge < -0.3 is 24.8 Å². The van der Waals surface area contributed by atoms with Crippen molar-refractivity contribution < 1.29 is 32.6 Å². The Hall–Kier alpha value is -3.31. The Bertz CT molecular complexity index is 1300. The number of ether oxygens (including phenoxy) is 2. The zero-order valence-electron chi connectivity index (χ0n) is 23.2. The Morgan fingerprint density at radius 3 is 2.62 bits per heavy atom. The minimum Gasteiger partial charge on any atom is -0.465 e. The van der Waals surface area contributed by atoms with Crippen LogP contribution in [0.1, 0.15) is 45.1 Å². The molecular formula is C29H39N3O7S. The number of hydrogen-bond acceptors (Lipinski definition) is 7. The topological polar surface area (TPSA) is 125 Å². The Morgan fingerprint density at radius 2 is 1.85 bits per heavy atom. The lowest BCUT2D eigenvalue weighted by Gasteiger charge is -2.25. The predicted molar refractivity (Wildman–Crippen MR) is 149 cm³/mol.